The number of nitrogens with one attached hydrogen (secondary N) is 1. The Hall–Kier alpha value is -4.84. The molecule has 0 saturated carbocycles. The summed E-state index contributed by atoms with van der Waals surface area (Å²) in [4.78, 5) is 31.0. The summed E-state index contributed by atoms with van der Waals surface area (Å²) in [7, 11) is 3.19. The predicted octanol–water partition coefficient (Wildman–Crippen LogP) is 2.67. The Morgan fingerprint density at radius 3 is 2.57 bits per heavy atom. The molecule has 1 fully saturated rings. The lowest BCUT2D eigenvalue weighted by molar-refractivity contribution is -0.121. The fraction of sp³-hybridized carbons (Fsp3) is 0.333. The number of aromatic nitrogens is 4. The number of ether oxygens (including phenoxy) is 4. The minimum absolute atomic E-state index is 0.0636. The Morgan fingerprint density at radius 1 is 1.02 bits per heavy atom. The van der Waals surface area contributed by atoms with E-state index in [4.69, 9.17) is 23.9 Å². The molecule has 12 heteroatoms. The number of amides is 1. The van der Waals surface area contributed by atoms with Gasteiger partial charge in [-0.25, -0.2) is 9.97 Å². The van der Waals surface area contributed by atoms with E-state index in [2.05, 4.69) is 25.1 Å². The molecule has 1 amide bonds. The molecule has 1 N–H and O–H groups in total. The molecule has 218 valence electrons. The molecule has 2 aromatic carbocycles. The molecule has 2 aromatic heterocycles. The summed E-state index contributed by atoms with van der Waals surface area (Å²) >= 11 is 0. The van der Waals surface area contributed by atoms with Crippen molar-refractivity contribution >= 4 is 11.7 Å². The highest BCUT2D eigenvalue weighted by Crippen LogP contribution is 2.34. The van der Waals surface area contributed by atoms with Gasteiger partial charge < -0.3 is 29.2 Å². The van der Waals surface area contributed by atoms with Crippen molar-refractivity contribution in [2.24, 2.45) is 0 Å². The van der Waals surface area contributed by atoms with Gasteiger partial charge in [-0.1, -0.05) is 18.2 Å². The van der Waals surface area contributed by atoms with Crippen LogP contribution in [-0.2, 0) is 11.3 Å². The van der Waals surface area contributed by atoms with Gasteiger partial charge in [0.1, 0.15) is 12.1 Å². The molecule has 4 heterocycles. The first-order valence-corrected chi connectivity index (χ1v) is 13.8. The summed E-state index contributed by atoms with van der Waals surface area (Å²) in [5.41, 5.74) is 0.916. The highest BCUT2D eigenvalue weighted by molar-refractivity contribution is 5.77. The van der Waals surface area contributed by atoms with Gasteiger partial charge >= 0.3 is 0 Å². The average Bonchev–Trinajstić information content (AvgIpc) is 3.70. The number of methoxy groups -OCH3 is 2. The third kappa shape index (κ3) is 6.08. The second-order valence-corrected chi connectivity index (χ2v) is 10.1. The SMILES string of the molecule is COc1ccc(CNC(=O)CC2CN(CC3Oc4ccccc4O3)CCN2c2ccnc(-n3ccnc3)n2)cc1OC. The van der Waals surface area contributed by atoms with Crippen LogP contribution in [0.25, 0.3) is 5.95 Å². The molecule has 12 nitrogen and oxygen atoms in total. The smallest absolute Gasteiger partial charge is 0.254 e. The van der Waals surface area contributed by atoms with Crippen LogP contribution in [-0.4, -0.2) is 83.1 Å². The molecule has 1 unspecified atom stereocenters. The Labute approximate surface area is 243 Å². The maximum absolute atomic E-state index is 13.3. The van der Waals surface area contributed by atoms with Gasteiger partial charge in [-0.05, 0) is 35.9 Å². The minimum Gasteiger partial charge on any atom is -0.493 e. The number of benzene rings is 2. The summed E-state index contributed by atoms with van der Waals surface area (Å²) in [5.74, 6) is 3.98. The van der Waals surface area contributed by atoms with E-state index in [1.807, 2.05) is 48.5 Å². The summed E-state index contributed by atoms with van der Waals surface area (Å²) in [6.45, 7) is 3.02. The van der Waals surface area contributed by atoms with E-state index in [1.54, 1.807) is 43.7 Å². The third-order valence-electron chi connectivity index (χ3n) is 7.36. The standard InChI is InChI=1S/C30H33N7O5/c1-39-23-8-7-21(15-26(23)40-2)17-33-28(38)16-22-18-35(19-29-41-24-5-3-4-6-25(24)42-29)13-14-37(22)27-9-10-32-30(34-27)36-12-11-31-20-36/h3-12,15,20,22,29H,13-14,16-19H2,1-2H3,(H,33,38). The molecule has 0 bridgehead atoms. The van der Waals surface area contributed by atoms with Gasteiger partial charge in [0.2, 0.25) is 11.9 Å². The van der Waals surface area contributed by atoms with Crippen LogP contribution >= 0.6 is 0 Å². The van der Waals surface area contributed by atoms with Crippen LogP contribution in [0.4, 0.5) is 5.82 Å². The van der Waals surface area contributed by atoms with Crippen LogP contribution in [0.5, 0.6) is 23.0 Å². The van der Waals surface area contributed by atoms with Crippen molar-refractivity contribution < 1.29 is 23.7 Å². The Morgan fingerprint density at radius 2 is 1.83 bits per heavy atom. The van der Waals surface area contributed by atoms with Crippen molar-refractivity contribution in [3.05, 3.63) is 79.0 Å². The molecule has 0 aliphatic carbocycles. The van der Waals surface area contributed by atoms with Crippen LogP contribution in [0.1, 0.15) is 12.0 Å². The molecular formula is C30H33N7O5. The number of hydrogen-bond acceptors (Lipinski definition) is 10. The molecule has 42 heavy (non-hydrogen) atoms. The van der Waals surface area contributed by atoms with Crippen molar-refractivity contribution in [2.75, 3.05) is 45.3 Å². The summed E-state index contributed by atoms with van der Waals surface area (Å²) in [5, 5.41) is 3.07. The fourth-order valence-electron chi connectivity index (χ4n) is 5.28. The van der Waals surface area contributed by atoms with Crippen molar-refractivity contribution in [1.82, 2.24) is 29.7 Å². The Kier molecular flexibility index (Phi) is 8.04. The van der Waals surface area contributed by atoms with E-state index in [0.29, 0.717) is 43.6 Å². The topological polar surface area (TPSA) is 116 Å². The van der Waals surface area contributed by atoms with E-state index >= 15 is 0 Å². The van der Waals surface area contributed by atoms with Crippen LogP contribution in [0.3, 0.4) is 0 Å². The molecule has 1 atom stereocenters. The summed E-state index contributed by atoms with van der Waals surface area (Å²) in [6, 6.07) is 15.0. The van der Waals surface area contributed by atoms with Crippen LogP contribution in [0.15, 0.2) is 73.4 Å². The monoisotopic (exact) mass is 571 g/mol. The molecular weight excluding hydrogens is 538 g/mol. The number of hydrogen-bond donors (Lipinski definition) is 1. The lowest BCUT2D eigenvalue weighted by Crippen LogP contribution is -2.56. The zero-order valence-electron chi connectivity index (χ0n) is 23.6. The van der Waals surface area contributed by atoms with E-state index in [1.165, 1.54) is 0 Å². The quantitative estimate of drug-likeness (QED) is 0.305. The van der Waals surface area contributed by atoms with Crippen LogP contribution < -0.4 is 29.2 Å². The molecule has 2 aliphatic rings. The van der Waals surface area contributed by atoms with Gasteiger partial charge in [0.15, 0.2) is 23.0 Å². The van der Waals surface area contributed by atoms with Gasteiger partial charge in [-0.2, -0.15) is 4.98 Å². The van der Waals surface area contributed by atoms with Gasteiger partial charge in [-0.3, -0.25) is 14.3 Å². The summed E-state index contributed by atoms with van der Waals surface area (Å²) < 4.78 is 24.5. The second-order valence-electron chi connectivity index (χ2n) is 10.1. The molecule has 4 aromatic rings. The molecule has 0 radical (unpaired) electrons. The maximum atomic E-state index is 13.3. The fourth-order valence-corrected chi connectivity index (χ4v) is 5.28. The largest absolute Gasteiger partial charge is 0.493 e. The predicted molar refractivity (Wildman–Crippen MR) is 154 cm³/mol. The first-order valence-electron chi connectivity index (χ1n) is 13.8. The van der Waals surface area contributed by atoms with E-state index < -0.39 is 6.29 Å². The van der Waals surface area contributed by atoms with Gasteiger partial charge in [0.05, 0.1) is 26.8 Å². The normalized spacial score (nSPS) is 16.8. The van der Waals surface area contributed by atoms with E-state index in [9.17, 15) is 4.79 Å². The highest BCUT2D eigenvalue weighted by Gasteiger charge is 2.33. The third-order valence-corrected chi connectivity index (χ3v) is 7.36. The van der Waals surface area contributed by atoms with Crippen molar-refractivity contribution in [2.45, 2.75) is 25.3 Å². The highest BCUT2D eigenvalue weighted by atomic mass is 16.7. The number of rotatable bonds is 10. The molecule has 2 aliphatic heterocycles. The first kappa shape index (κ1) is 27.3. The minimum atomic E-state index is -0.402. The number of carbonyl (C=O) groups is 1. The number of anilines is 1. The maximum Gasteiger partial charge on any atom is 0.254 e. The van der Waals surface area contributed by atoms with Gasteiger partial charge in [0.25, 0.3) is 6.29 Å². The Balaban J connectivity index is 1.15. The zero-order valence-corrected chi connectivity index (χ0v) is 23.6. The number of para-hydroxylation sites is 2. The van der Waals surface area contributed by atoms with Gasteiger partial charge in [-0.15, -0.1) is 0 Å². The molecule has 6 rings (SSSR count). The number of nitrogens with zero attached hydrogens (tertiary/aromatic N) is 6. The number of fused-ring (bicyclic) bond motifs is 1. The molecule has 0 spiro atoms. The number of piperazine rings is 1. The van der Waals surface area contributed by atoms with Crippen molar-refractivity contribution in [3.8, 4) is 28.9 Å². The van der Waals surface area contributed by atoms with Gasteiger partial charge in [0, 0.05) is 51.2 Å². The van der Waals surface area contributed by atoms with E-state index in [0.717, 1.165) is 29.4 Å². The summed E-state index contributed by atoms with van der Waals surface area (Å²) in [6.07, 6.45) is 6.76. The number of carbonyl (C=O) groups excluding carboxylic acids is 1. The second kappa shape index (κ2) is 12.4. The Bertz CT molecular complexity index is 1490. The van der Waals surface area contributed by atoms with Crippen LogP contribution in [0, 0.1) is 0 Å². The number of imidazole rings is 1. The zero-order chi connectivity index (χ0) is 28.9. The average molecular weight is 572 g/mol. The lowest BCUT2D eigenvalue weighted by Gasteiger charge is -2.42. The first-order chi connectivity index (χ1) is 20.6. The molecule has 1 saturated heterocycles. The van der Waals surface area contributed by atoms with E-state index in [-0.39, 0.29) is 18.4 Å². The van der Waals surface area contributed by atoms with Crippen LogP contribution in [0.2, 0.25) is 0 Å². The van der Waals surface area contributed by atoms with Crippen molar-refractivity contribution in [3.63, 3.8) is 0 Å². The van der Waals surface area contributed by atoms with Crippen molar-refractivity contribution in [1.29, 1.82) is 0 Å². The lowest BCUT2D eigenvalue weighted by atomic mass is 10.1.